The quantitative estimate of drug-likeness (QED) is 0.822. The molecule has 1 saturated carbocycles. The van der Waals surface area contributed by atoms with Crippen molar-refractivity contribution in [3.8, 4) is 5.75 Å². The van der Waals surface area contributed by atoms with Gasteiger partial charge in [-0.05, 0) is 43.5 Å². The fourth-order valence-electron chi connectivity index (χ4n) is 3.09. The molecule has 1 amide bonds. The lowest BCUT2D eigenvalue weighted by Crippen LogP contribution is -2.62. The molecule has 1 aliphatic carbocycles. The van der Waals surface area contributed by atoms with Crippen LogP contribution in [-0.4, -0.2) is 25.6 Å². The molecule has 3 rings (SSSR count). The van der Waals surface area contributed by atoms with Gasteiger partial charge in [0, 0.05) is 35.3 Å². The van der Waals surface area contributed by atoms with Gasteiger partial charge in [0.25, 0.3) is 0 Å². The van der Waals surface area contributed by atoms with E-state index in [0.29, 0.717) is 16.8 Å². The topological polar surface area (TPSA) is 50.4 Å². The van der Waals surface area contributed by atoms with E-state index in [9.17, 15) is 4.79 Å². The van der Waals surface area contributed by atoms with Crippen LogP contribution >= 0.6 is 11.6 Å². The van der Waals surface area contributed by atoms with Gasteiger partial charge < -0.3 is 15.4 Å². The molecule has 2 fully saturated rings. The number of amides is 1. The normalized spacial score (nSPS) is 20.1. The summed E-state index contributed by atoms with van der Waals surface area (Å²) in [6.45, 7) is 4.18. The van der Waals surface area contributed by atoms with Gasteiger partial charge in [0.2, 0.25) is 6.41 Å². The van der Waals surface area contributed by atoms with E-state index in [1.807, 2.05) is 25.1 Å². The van der Waals surface area contributed by atoms with Gasteiger partial charge in [0.05, 0.1) is 6.10 Å². The van der Waals surface area contributed by atoms with Crippen molar-refractivity contribution in [2.24, 2.45) is 5.41 Å². The van der Waals surface area contributed by atoms with Gasteiger partial charge in [0.1, 0.15) is 5.75 Å². The zero-order valence-corrected chi connectivity index (χ0v) is 12.7. The van der Waals surface area contributed by atoms with Crippen molar-refractivity contribution in [3.63, 3.8) is 0 Å². The summed E-state index contributed by atoms with van der Waals surface area (Å²) in [7, 11) is 0. The van der Waals surface area contributed by atoms with Crippen LogP contribution in [0.1, 0.15) is 24.0 Å². The smallest absolute Gasteiger partial charge is 0.211 e. The van der Waals surface area contributed by atoms with Gasteiger partial charge in [0.15, 0.2) is 0 Å². The van der Waals surface area contributed by atoms with Crippen LogP contribution < -0.4 is 15.4 Å². The van der Waals surface area contributed by atoms with Crippen LogP contribution in [0.15, 0.2) is 18.3 Å². The van der Waals surface area contributed by atoms with Crippen molar-refractivity contribution in [1.29, 1.82) is 0 Å². The van der Waals surface area contributed by atoms with E-state index in [1.165, 1.54) is 0 Å². The highest BCUT2D eigenvalue weighted by Crippen LogP contribution is 2.46. The Morgan fingerprint density at radius 3 is 2.81 bits per heavy atom. The maximum absolute atomic E-state index is 10.4. The summed E-state index contributed by atoms with van der Waals surface area (Å²) >= 11 is 6.17. The van der Waals surface area contributed by atoms with Crippen LogP contribution in [0.25, 0.3) is 6.08 Å². The van der Waals surface area contributed by atoms with Crippen molar-refractivity contribution < 1.29 is 9.53 Å². The molecule has 112 valence electrons. The number of nitrogens with one attached hydrogen (secondary N) is 2. The predicted molar refractivity (Wildman–Crippen MR) is 83.4 cm³/mol. The first-order chi connectivity index (χ1) is 10.1. The first kappa shape index (κ1) is 14.4. The third-order valence-corrected chi connectivity index (χ3v) is 4.85. The average molecular weight is 307 g/mol. The third-order valence-electron chi connectivity index (χ3n) is 4.44. The van der Waals surface area contributed by atoms with E-state index in [0.717, 1.165) is 42.8 Å². The first-order valence-corrected chi connectivity index (χ1v) is 7.54. The lowest BCUT2D eigenvalue weighted by molar-refractivity contribution is -0.108. The van der Waals surface area contributed by atoms with E-state index >= 15 is 0 Å². The van der Waals surface area contributed by atoms with Crippen molar-refractivity contribution >= 4 is 24.1 Å². The molecule has 0 atom stereocenters. The van der Waals surface area contributed by atoms with Gasteiger partial charge >= 0.3 is 0 Å². The SMILES string of the molecule is Cc1c(Cl)ccc(OC2CC3(CNC3)C2)c1/C=C\NC=O. The molecule has 4 nitrogen and oxygen atoms in total. The molecule has 0 bridgehead atoms. The van der Waals surface area contributed by atoms with Crippen LogP contribution in [0.4, 0.5) is 0 Å². The van der Waals surface area contributed by atoms with E-state index < -0.39 is 0 Å². The predicted octanol–water partition coefficient (Wildman–Crippen LogP) is 2.50. The molecule has 21 heavy (non-hydrogen) atoms. The van der Waals surface area contributed by atoms with Crippen LogP contribution in [0.5, 0.6) is 5.75 Å². The molecule has 2 aliphatic rings. The summed E-state index contributed by atoms with van der Waals surface area (Å²) in [5.41, 5.74) is 2.36. The Morgan fingerprint density at radius 2 is 2.19 bits per heavy atom. The average Bonchev–Trinajstić information content (AvgIpc) is 2.38. The maximum Gasteiger partial charge on any atom is 0.211 e. The Morgan fingerprint density at radius 1 is 1.43 bits per heavy atom. The zero-order chi connectivity index (χ0) is 14.9. The highest BCUT2D eigenvalue weighted by Gasteiger charge is 2.49. The Hall–Kier alpha value is -1.52. The molecule has 1 aromatic carbocycles. The zero-order valence-electron chi connectivity index (χ0n) is 12.0. The van der Waals surface area contributed by atoms with Gasteiger partial charge in [-0.3, -0.25) is 4.79 Å². The second-order valence-electron chi connectivity index (χ2n) is 5.95. The minimum atomic E-state index is 0.277. The maximum atomic E-state index is 10.4. The number of rotatable bonds is 5. The van der Waals surface area contributed by atoms with Crippen LogP contribution in [0.3, 0.4) is 0 Å². The second-order valence-corrected chi connectivity index (χ2v) is 6.36. The molecule has 1 heterocycles. The van der Waals surface area contributed by atoms with Crippen LogP contribution in [-0.2, 0) is 4.79 Å². The molecule has 2 N–H and O–H groups in total. The second kappa shape index (κ2) is 5.70. The number of carbonyl (C=O) groups excluding carboxylic acids is 1. The number of ether oxygens (including phenoxy) is 1. The highest BCUT2D eigenvalue weighted by molar-refractivity contribution is 6.31. The van der Waals surface area contributed by atoms with Crippen molar-refractivity contribution in [2.75, 3.05) is 13.1 Å². The minimum absolute atomic E-state index is 0.277. The van der Waals surface area contributed by atoms with Gasteiger partial charge in [-0.25, -0.2) is 0 Å². The summed E-state index contributed by atoms with van der Waals surface area (Å²) in [4.78, 5) is 10.4. The Balaban J connectivity index is 1.74. The number of halogens is 1. The molecule has 1 aromatic rings. The summed E-state index contributed by atoms with van der Waals surface area (Å²) in [5, 5.41) is 6.54. The monoisotopic (exact) mass is 306 g/mol. The number of carbonyl (C=O) groups is 1. The Labute approximate surface area is 129 Å². The van der Waals surface area contributed by atoms with Crippen molar-refractivity contribution in [3.05, 3.63) is 34.5 Å². The molecular weight excluding hydrogens is 288 g/mol. The fraction of sp³-hybridized carbons (Fsp3) is 0.438. The summed E-state index contributed by atoms with van der Waals surface area (Å²) in [6, 6.07) is 3.76. The summed E-state index contributed by atoms with van der Waals surface area (Å²) in [5.74, 6) is 0.827. The lowest BCUT2D eigenvalue weighted by Gasteiger charge is -2.53. The molecular formula is C16H19ClN2O2. The molecule has 1 aliphatic heterocycles. The molecule has 1 spiro atoms. The van der Waals surface area contributed by atoms with Gasteiger partial charge in [-0.15, -0.1) is 0 Å². The van der Waals surface area contributed by atoms with Crippen LogP contribution in [0.2, 0.25) is 5.02 Å². The number of hydrogen-bond donors (Lipinski definition) is 2. The summed E-state index contributed by atoms with van der Waals surface area (Å²) in [6.07, 6.45) is 6.55. The van der Waals surface area contributed by atoms with E-state index in [1.54, 1.807) is 6.20 Å². The molecule has 5 heteroatoms. The molecule has 0 unspecified atom stereocenters. The van der Waals surface area contributed by atoms with Gasteiger partial charge in [-0.2, -0.15) is 0 Å². The van der Waals surface area contributed by atoms with E-state index in [-0.39, 0.29) is 6.10 Å². The highest BCUT2D eigenvalue weighted by atomic mass is 35.5. The standard InChI is InChI=1S/C16H19ClN2O2/c1-11-13(4-5-18-10-20)15(3-2-14(11)17)21-12-6-16(7-12)8-19-9-16/h2-5,10,12,19H,6-9H2,1H3,(H,18,20)/b5-4-. The molecule has 1 saturated heterocycles. The number of hydrogen-bond acceptors (Lipinski definition) is 3. The minimum Gasteiger partial charge on any atom is -0.490 e. The molecule has 0 radical (unpaired) electrons. The van der Waals surface area contributed by atoms with E-state index in [2.05, 4.69) is 10.6 Å². The Kier molecular flexibility index (Phi) is 3.91. The lowest BCUT2D eigenvalue weighted by atomic mass is 9.63. The third kappa shape index (κ3) is 2.78. The fourth-order valence-corrected chi connectivity index (χ4v) is 3.26. The summed E-state index contributed by atoms with van der Waals surface area (Å²) < 4.78 is 6.13. The number of benzene rings is 1. The van der Waals surface area contributed by atoms with Crippen LogP contribution in [0, 0.1) is 12.3 Å². The molecule has 0 aromatic heterocycles. The Bertz CT molecular complexity index is 574. The van der Waals surface area contributed by atoms with Gasteiger partial charge in [-0.1, -0.05) is 11.6 Å². The largest absolute Gasteiger partial charge is 0.490 e. The van der Waals surface area contributed by atoms with Crippen molar-refractivity contribution in [1.82, 2.24) is 10.6 Å². The van der Waals surface area contributed by atoms with Crippen molar-refractivity contribution in [2.45, 2.75) is 25.9 Å². The first-order valence-electron chi connectivity index (χ1n) is 7.16. The van der Waals surface area contributed by atoms with E-state index in [4.69, 9.17) is 16.3 Å².